The van der Waals surface area contributed by atoms with Crippen molar-refractivity contribution in [3.63, 3.8) is 0 Å². The van der Waals surface area contributed by atoms with Gasteiger partial charge in [-0.1, -0.05) is 18.2 Å². The van der Waals surface area contributed by atoms with Gasteiger partial charge in [0, 0.05) is 36.8 Å². The van der Waals surface area contributed by atoms with Crippen LogP contribution in [0.2, 0.25) is 0 Å². The molecule has 1 aliphatic heterocycles. The Labute approximate surface area is 142 Å². The maximum Gasteiger partial charge on any atom is 0.226 e. The Hall–Kier alpha value is -2.30. The molecule has 1 aromatic carbocycles. The number of ether oxygens (including phenoxy) is 1. The summed E-state index contributed by atoms with van der Waals surface area (Å²) in [4.78, 5) is 15.0. The SMILES string of the molecule is COc1ccccc1C1CC1C(=O)N1CCCC(c2ccn[nH]2)C1. The Balaban J connectivity index is 1.43. The number of aromatic amines is 1. The van der Waals surface area contributed by atoms with E-state index >= 15 is 0 Å². The van der Waals surface area contributed by atoms with Crippen molar-refractivity contribution in [2.24, 2.45) is 5.92 Å². The molecule has 2 fully saturated rings. The molecule has 126 valence electrons. The molecule has 2 aromatic rings. The Morgan fingerprint density at radius 1 is 1.33 bits per heavy atom. The van der Waals surface area contributed by atoms with Gasteiger partial charge in [-0.3, -0.25) is 9.89 Å². The van der Waals surface area contributed by atoms with Crippen LogP contribution >= 0.6 is 0 Å². The third kappa shape index (κ3) is 2.79. The maximum atomic E-state index is 12.9. The normalized spacial score (nSPS) is 26.2. The van der Waals surface area contributed by atoms with Gasteiger partial charge in [-0.05, 0) is 42.9 Å². The summed E-state index contributed by atoms with van der Waals surface area (Å²) in [5, 5.41) is 7.10. The van der Waals surface area contributed by atoms with E-state index in [0.29, 0.717) is 17.7 Å². The van der Waals surface area contributed by atoms with Crippen molar-refractivity contribution in [3.05, 3.63) is 47.8 Å². The third-order valence-electron chi connectivity index (χ3n) is 5.34. The van der Waals surface area contributed by atoms with Crippen molar-refractivity contribution in [1.82, 2.24) is 15.1 Å². The summed E-state index contributed by atoms with van der Waals surface area (Å²) >= 11 is 0. The van der Waals surface area contributed by atoms with Gasteiger partial charge < -0.3 is 9.64 Å². The highest BCUT2D eigenvalue weighted by atomic mass is 16.5. The fourth-order valence-electron chi connectivity index (χ4n) is 3.94. The molecule has 4 rings (SSSR count). The monoisotopic (exact) mass is 325 g/mol. The molecule has 3 atom stereocenters. The zero-order valence-electron chi connectivity index (χ0n) is 13.9. The summed E-state index contributed by atoms with van der Waals surface area (Å²) in [6.45, 7) is 1.68. The number of nitrogens with one attached hydrogen (secondary N) is 1. The van der Waals surface area contributed by atoms with E-state index in [0.717, 1.165) is 43.8 Å². The van der Waals surface area contributed by atoms with Crippen LogP contribution in [0.4, 0.5) is 0 Å². The zero-order valence-corrected chi connectivity index (χ0v) is 13.9. The number of benzene rings is 1. The largest absolute Gasteiger partial charge is 0.496 e. The van der Waals surface area contributed by atoms with Gasteiger partial charge >= 0.3 is 0 Å². The zero-order chi connectivity index (χ0) is 16.5. The Kier molecular flexibility index (Phi) is 4.00. The van der Waals surface area contributed by atoms with Crippen LogP contribution in [-0.2, 0) is 4.79 Å². The molecule has 1 saturated carbocycles. The molecular weight excluding hydrogens is 302 g/mol. The number of carbonyl (C=O) groups is 1. The molecule has 1 saturated heterocycles. The number of nitrogens with zero attached hydrogens (tertiary/aromatic N) is 2. The lowest BCUT2D eigenvalue weighted by Gasteiger charge is -2.32. The Bertz CT molecular complexity index is 713. The molecule has 5 heteroatoms. The predicted molar refractivity (Wildman–Crippen MR) is 91.0 cm³/mol. The van der Waals surface area contributed by atoms with Crippen LogP contribution in [0.3, 0.4) is 0 Å². The van der Waals surface area contributed by atoms with E-state index in [4.69, 9.17) is 4.74 Å². The number of methoxy groups -OCH3 is 1. The van der Waals surface area contributed by atoms with Gasteiger partial charge in [-0.15, -0.1) is 0 Å². The highest BCUT2D eigenvalue weighted by Gasteiger charge is 2.47. The number of para-hydroxylation sites is 1. The number of amides is 1. The van der Waals surface area contributed by atoms with E-state index in [2.05, 4.69) is 21.2 Å². The molecule has 0 bridgehead atoms. The molecule has 3 unspecified atom stereocenters. The minimum absolute atomic E-state index is 0.113. The second-order valence-corrected chi connectivity index (χ2v) is 6.83. The van der Waals surface area contributed by atoms with Crippen molar-refractivity contribution in [3.8, 4) is 5.75 Å². The van der Waals surface area contributed by atoms with E-state index in [-0.39, 0.29) is 5.92 Å². The van der Waals surface area contributed by atoms with Crippen molar-refractivity contribution in [2.45, 2.75) is 31.1 Å². The lowest BCUT2D eigenvalue weighted by molar-refractivity contribution is -0.133. The van der Waals surface area contributed by atoms with Crippen LogP contribution < -0.4 is 4.74 Å². The molecule has 2 heterocycles. The molecule has 1 N–H and O–H groups in total. The van der Waals surface area contributed by atoms with E-state index in [1.165, 1.54) is 5.56 Å². The van der Waals surface area contributed by atoms with Crippen molar-refractivity contribution >= 4 is 5.91 Å². The van der Waals surface area contributed by atoms with E-state index in [1.807, 2.05) is 24.3 Å². The van der Waals surface area contributed by atoms with E-state index in [1.54, 1.807) is 13.3 Å². The first-order valence-electron chi connectivity index (χ1n) is 8.69. The first-order valence-corrected chi connectivity index (χ1v) is 8.69. The lowest BCUT2D eigenvalue weighted by atomic mass is 9.94. The minimum Gasteiger partial charge on any atom is -0.496 e. The fourth-order valence-corrected chi connectivity index (χ4v) is 3.94. The third-order valence-corrected chi connectivity index (χ3v) is 5.34. The molecular formula is C19H23N3O2. The number of piperidine rings is 1. The topological polar surface area (TPSA) is 58.2 Å². The summed E-state index contributed by atoms with van der Waals surface area (Å²) in [5.41, 5.74) is 2.31. The maximum absolute atomic E-state index is 12.9. The molecule has 5 nitrogen and oxygen atoms in total. The van der Waals surface area contributed by atoms with Crippen LogP contribution in [0.15, 0.2) is 36.5 Å². The summed E-state index contributed by atoms with van der Waals surface area (Å²) in [5.74, 6) is 2.00. The number of likely N-dealkylation sites (tertiary alicyclic amines) is 1. The van der Waals surface area contributed by atoms with Crippen molar-refractivity contribution < 1.29 is 9.53 Å². The van der Waals surface area contributed by atoms with Gasteiger partial charge in [0.05, 0.1) is 7.11 Å². The van der Waals surface area contributed by atoms with Crippen LogP contribution in [0, 0.1) is 5.92 Å². The summed E-state index contributed by atoms with van der Waals surface area (Å²) < 4.78 is 5.45. The second kappa shape index (κ2) is 6.30. The van der Waals surface area contributed by atoms with Gasteiger partial charge in [0.1, 0.15) is 5.75 Å². The van der Waals surface area contributed by atoms with Gasteiger partial charge in [-0.25, -0.2) is 0 Å². The van der Waals surface area contributed by atoms with Crippen LogP contribution in [-0.4, -0.2) is 41.2 Å². The lowest BCUT2D eigenvalue weighted by Crippen LogP contribution is -2.40. The quantitative estimate of drug-likeness (QED) is 0.940. The van der Waals surface area contributed by atoms with Crippen LogP contribution in [0.5, 0.6) is 5.75 Å². The van der Waals surface area contributed by atoms with Gasteiger partial charge in [0.15, 0.2) is 0 Å². The summed E-state index contributed by atoms with van der Waals surface area (Å²) in [6.07, 6.45) is 4.90. The molecule has 1 aliphatic carbocycles. The number of aromatic nitrogens is 2. The van der Waals surface area contributed by atoms with Crippen LogP contribution in [0.25, 0.3) is 0 Å². The molecule has 1 aromatic heterocycles. The first kappa shape index (κ1) is 15.2. The van der Waals surface area contributed by atoms with Gasteiger partial charge in [-0.2, -0.15) is 5.10 Å². The number of hydrogen-bond acceptors (Lipinski definition) is 3. The average Bonchev–Trinajstić information content (AvgIpc) is 3.24. The number of H-pyrrole nitrogens is 1. The first-order chi connectivity index (χ1) is 11.8. The summed E-state index contributed by atoms with van der Waals surface area (Å²) in [7, 11) is 1.69. The fraction of sp³-hybridized carbons (Fsp3) is 0.474. The second-order valence-electron chi connectivity index (χ2n) is 6.83. The van der Waals surface area contributed by atoms with E-state index < -0.39 is 0 Å². The number of carbonyl (C=O) groups excluding carboxylic acids is 1. The van der Waals surface area contributed by atoms with Crippen LogP contribution in [0.1, 0.15) is 42.4 Å². The highest BCUT2D eigenvalue weighted by molar-refractivity contribution is 5.83. The predicted octanol–water partition coefficient (Wildman–Crippen LogP) is 2.93. The highest BCUT2D eigenvalue weighted by Crippen LogP contribution is 2.51. The average molecular weight is 325 g/mol. The standard InChI is InChI=1S/C19H23N3O2/c1-24-18-7-3-2-6-14(18)15-11-16(15)19(23)22-10-4-5-13(12-22)17-8-9-20-21-17/h2-3,6-9,13,15-16H,4-5,10-12H2,1H3,(H,20,21). The van der Waals surface area contributed by atoms with Gasteiger partial charge in [0.2, 0.25) is 5.91 Å². The van der Waals surface area contributed by atoms with Crippen molar-refractivity contribution in [2.75, 3.05) is 20.2 Å². The molecule has 24 heavy (non-hydrogen) atoms. The Morgan fingerprint density at radius 2 is 2.21 bits per heavy atom. The smallest absolute Gasteiger partial charge is 0.226 e. The van der Waals surface area contributed by atoms with Gasteiger partial charge in [0.25, 0.3) is 0 Å². The Morgan fingerprint density at radius 3 is 3.00 bits per heavy atom. The molecule has 0 radical (unpaired) electrons. The molecule has 1 amide bonds. The minimum atomic E-state index is 0.113. The van der Waals surface area contributed by atoms with Crippen molar-refractivity contribution in [1.29, 1.82) is 0 Å². The number of hydrogen-bond donors (Lipinski definition) is 1. The van der Waals surface area contributed by atoms with E-state index in [9.17, 15) is 4.79 Å². The summed E-state index contributed by atoms with van der Waals surface area (Å²) in [6, 6.07) is 10.1. The molecule has 0 spiro atoms. The molecule has 2 aliphatic rings. The number of rotatable bonds is 4.